The number of fused-ring (bicyclic) bond motifs is 2. The molecule has 0 unspecified atom stereocenters. The van der Waals surface area contributed by atoms with Crippen molar-refractivity contribution in [2.75, 3.05) is 20.2 Å². The van der Waals surface area contributed by atoms with Gasteiger partial charge in [-0.2, -0.15) is 0 Å². The zero-order chi connectivity index (χ0) is 23.7. The first kappa shape index (κ1) is 21.6. The maximum atomic E-state index is 13.2. The molecule has 1 aromatic carbocycles. The Kier molecular flexibility index (Phi) is 5.67. The first-order valence-electron chi connectivity index (χ1n) is 11.0. The number of benzene rings is 1. The van der Waals surface area contributed by atoms with E-state index in [1.807, 2.05) is 24.4 Å². The first-order chi connectivity index (χ1) is 16.5. The van der Waals surface area contributed by atoms with Gasteiger partial charge in [0.25, 0.3) is 17.4 Å². The van der Waals surface area contributed by atoms with Gasteiger partial charge in [-0.1, -0.05) is 6.07 Å². The molecule has 34 heavy (non-hydrogen) atoms. The number of aromatic nitrogens is 2. The number of carbonyl (C=O) groups is 2. The molecule has 1 aliphatic heterocycles. The van der Waals surface area contributed by atoms with Crippen LogP contribution in [0.1, 0.15) is 32.2 Å². The zero-order valence-electron chi connectivity index (χ0n) is 18.7. The monoisotopic (exact) mass is 460 g/mol. The Bertz CT molecular complexity index is 1420. The molecule has 174 valence electrons. The molecule has 0 radical (unpaired) electrons. The van der Waals surface area contributed by atoms with Crippen molar-refractivity contribution < 1.29 is 18.7 Å². The third kappa shape index (κ3) is 3.96. The number of hydrogen-bond donors (Lipinski definition) is 2. The second-order valence-corrected chi connectivity index (χ2v) is 8.11. The van der Waals surface area contributed by atoms with Crippen molar-refractivity contribution in [3.8, 4) is 5.75 Å². The quantitative estimate of drug-likeness (QED) is 0.476. The summed E-state index contributed by atoms with van der Waals surface area (Å²) in [7, 11) is 1.43. The molecule has 0 fully saturated rings. The van der Waals surface area contributed by atoms with Crippen LogP contribution in [0.5, 0.6) is 5.75 Å². The van der Waals surface area contributed by atoms with Gasteiger partial charge in [-0.05, 0) is 35.7 Å². The van der Waals surface area contributed by atoms with E-state index in [-0.39, 0.29) is 36.2 Å². The summed E-state index contributed by atoms with van der Waals surface area (Å²) in [5.74, 6) is 0.342. The van der Waals surface area contributed by atoms with Crippen LogP contribution < -0.4 is 15.6 Å². The number of ether oxygens (including phenoxy) is 1. The number of aromatic amines is 1. The largest absolute Gasteiger partial charge is 0.496 e. The summed E-state index contributed by atoms with van der Waals surface area (Å²) in [5, 5.41) is 3.86. The molecule has 9 heteroatoms. The van der Waals surface area contributed by atoms with Crippen LogP contribution in [0, 0.1) is 0 Å². The van der Waals surface area contributed by atoms with Gasteiger partial charge in [-0.25, -0.2) is 0 Å². The van der Waals surface area contributed by atoms with Crippen molar-refractivity contribution in [1.29, 1.82) is 0 Å². The maximum absolute atomic E-state index is 13.2. The van der Waals surface area contributed by atoms with Gasteiger partial charge >= 0.3 is 0 Å². The summed E-state index contributed by atoms with van der Waals surface area (Å²) in [6, 6.07) is 12.3. The number of methoxy groups -OCH3 is 1. The lowest BCUT2D eigenvalue weighted by Gasteiger charge is -2.20. The minimum absolute atomic E-state index is 0.117. The van der Waals surface area contributed by atoms with E-state index in [2.05, 4.69) is 10.3 Å². The summed E-state index contributed by atoms with van der Waals surface area (Å²) in [6.07, 6.45) is 3.71. The van der Waals surface area contributed by atoms with Crippen LogP contribution in [0.15, 0.2) is 64.1 Å². The number of amides is 2. The number of carbonyl (C=O) groups excluding carboxylic acids is 2. The van der Waals surface area contributed by atoms with E-state index in [9.17, 15) is 14.4 Å². The molecule has 0 spiro atoms. The molecular formula is C25H24N4O5. The van der Waals surface area contributed by atoms with Gasteiger partial charge in [-0.3, -0.25) is 14.4 Å². The SMILES string of the molecule is COc1cc(=O)n2c(c1C(=O)NCc1ccco1)CCN(C(=O)c1ccc3cc[nH]c3c1)CC2. The van der Waals surface area contributed by atoms with Crippen LogP contribution in [0.4, 0.5) is 0 Å². The number of nitrogens with zero attached hydrogens (tertiary/aromatic N) is 2. The van der Waals surface area contributed by atoms with Crippen molar-refractivity contribution in [1.82, 2.24) is 19.8 Å². The van der Waals surface area contributed by atoms with Gasteiger partial charge in [0.15, 0.2) is 0 Å². The summed E-state index contributed by atoms with van der Waals surface area (Å²) in [5.41, 5.74) is 2.05. The predicted octanol–water partition coefficient (Wildman–Crippen LogP) is 2.56. The highest BCUT2D eigenvalue weighted by molar-refractivity contribution is 5.99. The predicted molar refractivity (Wildman–Crippen MR) is 125 cm³/mol. The molecule has 3 aromatic heterocycles. The highest BCUT2D eigenvalue weighted by Gasteiger charge is 2.27. The van der Waals surface area contributed by atoms with E-state index in [0.717, 1.165) is 10.9 Å². The Morgan fingerprint density at radius 1 is 1.15 bits per heavy atom. The molecule has 2 amide bonds. The van der Waals surface area contributed by atoms with Crippen molar-refractivity contribution in [2.24, 2.45) is 0 Å². The van der Waals surface area contributed by atoms with E-state index in [0.29, 0.717) is 42.1 Å². The summed E-state index contributed by atoms with van der Waals surface area (Å²) < 4.78 is 12.2. The van der Waals surface area contributed by atoms with Crippen molar-refractivity contribution >= 4 is 22.7 Å². The summed E-state index contributed by atoms with van der Waals surface area (Å²) in [6.45, 7) is 1.22. The van der Waals surface area contributed by atoms with Crippen LogP contribution in [0.3, 0.4) is 0 Å². The molecular weight excluding hydrogens is 436 g/mol. The Morgan fingerprint density at radius 3 is 2.82 bits per heavy atom. The van der Waals surface area contributed by atoms with Crippen LogP contribution in [-0.4, -0.2) is 46.5 Å². The normalized spacial score (nSPS) is 13.4. The van der Waals surface area contributed by atoms with Gasteiger partial charge in [0, 0.05) is 55.1 Å². The Labute approximate surface area is 194 Å². The molecule has 0 saturated heterocycles. The second-order valence-electron chi connectivity index (χ2n) is 8.11. The second kappa shape index (κ2) is 8.93. The summed E-state index contributed by atoms with van der Waals surface area (Å²) >= 11 is 0. The summed E-state index contributed by atoms with van der Waals surface area (Å²) in [4.78, 5) is 44.0. The first-order valence-corrected chi connectivity index (χ1v) is 11.0. The molecule has 2 N–H and O–H groups in total. The van der Waals surface area contributed by atoms with Crippen molar-refractivity contribution in [3.63, 3.8) is 0 Å². The van der Waals surface area contributed by atoms with E-state index < -0.39 is 0 Å². The molecule has 4 heterocycles. The fourth-order valence-corrected chi connectivity index (χ4v) is 4.39. The lowest BCUT2D eigenvalue weighted by atomic mass is 10.1. The molecule has 0 atom stereocenters. The Morgan fingerprint density at radius 2 is 2.03 bits per heavy atom. The molecule has 0 aliphatic carbocycles. The standard InChI is InChI=1S/C25H24N4O5/c1-33-21-14-22(30)29-11-10-28(25(32)17-5-4-16-6-8-26-19(16)13-17)9-7-20(29)23(21)24(31)27-15-18-3-2-12-34-18/h2-6,8,12-14,26H,7,9-11,15H2,1H3,(H,27,31). The number of hydrogen-bond acceptors (Lipinski definition) is 5. The molecule has 0 bridgehead atoms. The number of pyridine rings is 1. The number of H-pyrrole nitrogens is 1. The van der Waals surface area contributed by atoms with Crippen LogP contribution in [0.2, 0.25) is 0 Å². The highest BCUT2D eigenvalue weighted by Crippen LogP contribution is 2.24. The molecule has 1 aliphatic rings. The Balaban J connectivity index is 1.42. The molecule has 0 saturated carbocycles. The lowest BCUT2D eigenvalue weighted by Crippen LogP contribution is -2.34. The van der Waals surface area contributed by atoms with Crippen LogP contribution in [-0.2, 0) is 19.5 Å². The maximum Gasteiger partial charge on any atom is 0.257 e. The highest BCUT2D eigenvalue weighted by atomic mass is 16.5. The van der Waals surface area contributed by atoms with Crippen molar-refractivity contribution in [2.45, 2.75) is 19.5 Å². The smallest absolute Gasteiger partial charge is 0.257 e. The van der Waals surface area contributed by atoms with Crippen LogP contribution >= 0.6 is 0 Å². The average Bonchev–Trinajstić information content (AvgIpc) is 3.49. The average molecular weight is 460 g/mol. The van der Waals surface area contributed by atoms with Gasteiger partial charge in [0.1, 0.15) is 17.1 Å². The number of nitrogens with one attached hydrogen (secondary N) is 2. The number of rotatable bonds is 5. The third-order valence-corrected chi connectivity index (χ3v) is 6.13. The van der Waals surface area contributed by atoms with Gasteiger partial charge in [-0.15, -0.1) is 0 Å². The number of furan rings is 1. The third-order valence-electron chi connectivity index (χ3n) is 6.13. The minimum atomic E-state index is -0.367. The zero-order valence-corrected chi connectivity index (χ0v) is 18.7. The topological polar surface area (TPSA) is 110 Å². The fourth-order valence-electron chi connectivity index (χ4n) is 4.39. The Hall–Kier alpha value is -4.27. The van der Waals surface area contributed by atoms with Gasteiger partial charge < -0.3 is 28.9 Å². The molecule has 4 aromatic rings. The van der Waals surface area contributed by atoms with Gasteiger partial charge in [0.05, 0.1) is 19.9 Å². The molecule has 9 nitrogen and oxygen atoms in total. The van der Waals surface area contributed by atoms with E-state index in [4.69, 9.17) is 9.15 Å². The minimum Gasteiger partial charge on any atom is -0.496 e. The fraction of sp³-hybridized carbons (Fsp3) is 0.240. The van der Waals surface area contributed by atoms with E-state index >= 15 is 0 Å². The van der Waals surface area contributed by atoms with Crippen LogP contribution in [0.25, 0.3) is 10.9 Å². The van der Waals surface area contributed by atoms with E-state index in [1.165, 1.54) is 19.4 Å². The van der Waals surface area contributed by atoms with Gasteiger partial charge in [0.2, 0.25) is 0 Å². The van der Waals surface area contributed by atoms with E-state index in [1.54, 1.807) is 27.7 Å². The lowest BCUT2D eigenvalue weighted by molar-refractivity contribution is 0.0759. The van der Waals surface area contributed by atoms with Crippen molar-refractivity contribution in [3.05, 3.63) is 87.9 Å². The molecule has 5 rings (SSSR count).